The molecule has 2 aromatic carbocycles. The molecule has 12 heteroatoms. The Hall–Kier alpha value is -3.19. The number of morpholine rings is 1. The summed E-state index contributed by atoms with van der Waals surface area (Å²) in [5.74, 6) is -0.476. The first kappa shape index (κ1) is 24.9. The van der Waals surface area contributed by atoms with Gasteiger partial charge in [0.15, 0.2) is 14.9 Å². The van der Waals surface area contributed by atoms with E-state index in [4.69, 9.17) is 4.74 Å². The summed E-state index contributed by atoms with van der Waals surface area (Å²) in [4.78, 5) is 12.8. The second-order valence-corrected chi connectivity index (χ2v) is 11.9. The number of rotatable bonds is 7. The number of carbonyl (C=O) groups excluding carboxylic acids is 1. The van der Waals surface area contributed by atoms with E-state index in [1.165, 1.54) is 41.6 Å². The van der Waals surface area contributed by atoms with Gasteiger partial charge < -0.3 is 10.1 Å². The molecule has 3 aromatic rings. The van der Waals surface area contributed by atoms with Crippen molar-refractivity contribution in [1.29, 1.82) is 0 Å². The zero-order valence-corrected chi connectivity index (χ0v) is 20.5. The van der Waals surface area contributed by atoms with Crippen molar-refractivity contribution in [1.82, 2.24) is 14.5 Å². The van der Waals surface area contributed by atoms with Crippen molar-refractivity contribution in [2.45, 2.75) is 16.8 Å². The highest BCUT2D eigenvalue weighted by atomic mass is 32.2. The Bertz CT molecular complexity index is 1420. The number of nitrogens with one attached hydrogen (secondary N) is 1. The van der Waals surface area contributed by atoms with Gasteiger partial charge in [0, 0.05) is 29.9 Å². The minimum absolute atomic E-state index is 0.0668. The average Bonchev–Trinajstić information content (AvgIpc) is 2.89. The van der Waals surface area contributed by atoms with Crippen molar-refractivity contribution in [3.8, 4) is 11.3 Å². The Labute approximate surface area is 203 Å². The molecule has 0 bridgehead atoms. The lowest BCUT2D eigenvalue weighted by atomic mass is 10.1. The molecule has 0 spiro atoms. The van der Waals surface area contributed by atoms with Gasteiger partial charge in [-0.15, -0.1) is 10.2 Å². The number of ether oxygens (including phenoxy) is 1. The highest BCUT2D eigenvalue weighted by molar-refractivity contribution is 7.91. The summed E-state index contributed by atoms with van der Waals surface area (Å²) in [6.45, 7) is 2.83. The Kier molecular flexibility index (Phi) is 7.26. The van der Waals surface area contributed by atoms with E-state index >= 15 is 0 Å². The van der Waals surface area contributed by atoms with E-state index in [9.17, 15) is 21.6 Å². The van der Waals surface area contributed by atoms with Crippen molar-refractivity contribution >= 4 is 31.5 Å². The maximum absolute atomic E-state index is 12.8. The predicted molar refractivity (Wildman–Crippen MR) is 129 cm³/mol. The summed E-state index contributed by atoms with van der Waals surface area (Å²) in [5, 5.41) is 10.5. The van der Waals surface area contributed by atoms with Gasteiger partial charge >= 0.3 is 0 Å². The summed E-state index contributed by atoms with van der Waals surface area (Å²) in [5.41, 5.74) is 1.88. The molecule has 0 unspecified atom stereocenters. The lowest BCUT2D eigenvalue weighted by molar-refractivity contribution is 0.0730. The highest BCUT2D eigenvalue weighted by Crippen LogP contribution is 2.23. The molecular weight excluding hydrogens is 492 g/mol. The fraction of sp³-hybridized carbons (Fsp3) is 0.261. The zero-order chi connectivity index (χ0) is 25.1. The van der Waals surface area contributed by atoms with E-state index in [1.807, 2.05) is 0 Å². The third kappa shape index (κ3) is 5.56. The van der Waals surface area contributed by atoms with Gasteiger partial charge in [0.05, 0.1) is 29.6 Å². The standard InChI is InChI=1S/C23H24N4O6S2/c1-2-34(29,30)22-11-10-21(25-26-22)18-4-3-5-19(16-18)24-23(28)17-6-8-20(9-7-17)35(31,32)27-12-14-33-15-13-27/h3-11,16H,2,12-15H2,1H3,(H,24,28). The molecule has 1 aliphatic rings. The van der Waals surface area contributed by atoms with Crippen LogP contribution in [-0.2, 0) is 24.6 Å². The molecule has 4 rings (SSSR count). The third-order valence-electron chi connectivity index (χ3n) is 5.48. The maximum Gasteiger partial charge on any atom is 0.255 e. The Morgan fingerprint density at radius 2 is 1.69 bits per heavy atom. The molecule has 0 saturated carbocycles. The monoisotopic (exact) mass is 516 g/mol. The molecule has 1 aromatic heterocycles. The fourth-order valence-corrected chi connectivity index (χ4v) is 5.61. The Morgan fingerprint density at radius 3 is 2.31 bits per heavy atom. The molecule has 0 aliphatic carbocycles. The number of nitrogens with zero attached hydrogens (tertiary/aromatic N) is 3. The number of sulfone groups is 1. The van der Waals surface area contributed by atoms with Crippen LogP contribution in [0.2, 0.25) is 0 Å². The molecular formula is C23H24N4O6S2. The van der Waals surface area contributed by atoms with Crippen LogP contribution in [0.25, 0.3) is 11.3 Å². The number of hydrogen-bond donors (Lipinski definition) is 1. The van der Waals surface area contributed by atoms with Gasteiger partial charge in [-0.25, -0.2) is 16.8 Å². The lowest BCUT2D eigenvalue weighted by Gasteiger charge is -2.26. The fourth-order valence-electron chi connectivity index (χ4n) is 3.46. The first-order chi connectivity index (χ1) is 16.7. The van der Waals surface area contributed by atoms with Crippen LogP contribution in [-0.4, -0.2) is 69.3 Å². The molecule has 0 radical (unpaired) electrons. The third-order valence-corrected chi connectivity index (χ3v) is 9.01. The van der Waals surface area contributed by atoms with Crippen molar-refractivity contribution < 1.29 is 26.4 Å². The first-order valence-electron chi connectivity index (χ1n) is 10.9. The van der Waals surface area contributed by atoms with Crippen LogP contribution < -0.4 is 5.32 Å². The largest absolute Gasteiger partial charge is 0.379 e. The molecule has 184 valence electrons. The number of hydrogen-bond acceptors (Lipinski definition) is 8. The summed E-state index contributed by atoms with van der Waals surface area (Å²) in [7, 11) is -7.09. The average molecular weight is 517 g/mol. The smallest absolute Gasteiger partial charge is 0.255 e. The number of carbonyl (C=O) groups is 1. The number of amides is 1. The van der Waals surface area contributed by atoms with Crippen LogP contribution in [0.5, 0.6) is 0 Å². The second-order valence-electron chi connectivity index (χ2n) is 7.74. The molecule has 10 nitrogen and oxygen atoms in total. The topological polar surface area (TPSA) is 136 Å². The quantitative estimate of drug-likeness (QED) is 0.505. The Balaban J connectivity index is 1.47. The molecule has 1 saturated heterocycles. The number of anilines is 1. The zero-order valence-electron chi connectivity index (χ0n) is 18.9. The van der Waals surface area contributed by atoms with E-state index in [2.05, 4.69) is 15.5 Å². The SMILES string of the molecule is CCS(=O)(=O)c1ccc(-c2cccc(NC(=O)c3ccc(S(=O)(=O)N4CCOCC4)cc3)c2)nn1. The van der Waals surface area contributed by atoms with Crippen LogP contribution in [0.1, 0.15) is 17.3 Å². The molecule has 1 aliphatic heterocycles. The molecule has 35 heavy (non-hydrogen) atoms. The van der Waals surface area contributed by atoms with Crippen LogP contribution in [0, 0.1) is 0 Å². The molecule has 1 N–H and O–H groups in total. The van der Waals surface area contributed by atoms with Crippen molar-refractivity contribution in [3.63, 3.8) is 0 Å². The van der Waals surface area contributed by atoms with Gasteiger partial charge in [-0.1, -0.05) is 19.1 Å². The van der Waals surface area contributed by atoms with Crippen molar-refractivity contribution in [3.05, 3.63) is 66.2 Å². The lowest BCUT2D eigenvalue weighted by Crippen LogP contribution is -2.40. The highest BCUT2D eigenvalue weighted by Gasteiger charge is 2.26. The molecule has 1 fully saturated rings. The minimum Gasteiger partial charge on any atom is -0.379 e. The van der Waals surface area contributed by atoms with Gasteiger partial charge in [0.25, 0.3) is 5.91 Å². The van der Waals surface area contributed by atoms with Crippen LogP contribution in [0.15, 0.2) is 70.6 Å². The molecule has 1 amide bonds. The van der Waals surface area contributed by atoms with Crippen molar-refractivity contribution in [2.75, 3.05) is 37.4 Å². The van der Waals surface area contributed by atoms with Gasteiger partial charge in [-0.05, 0) is 48.5 Å². The van der Waals surface area contributed by atoms with Crippen LogP contribution in [0.3, 0.4) is 0 Å². The first-order valence-corrected chi connectivity index (χ1v) is 14.0. The summed E-state index contributed by atoms with van der Waals surface area (Å²) in [6, 6.07) is 15.6. The van der Waals surface area contributed by atoms with E-state index in [0.717, 1.165) is 0 Å². The van der Waals surface area contributed by atoms with Gasteiger partial charge in [-0.2, -0.15) is 4.31 Å². The van der Waals surface area contributed by atoms with Crippen molar-refractivity contribution in [2.24, 2.45) is 0 Å². The van der Waals surface area contributed by atoms with E-state index in [1.54, 1.807) is 30.3 Å². The molecule has 0 atom stereocenters. The number of benzene rings is 2. The predicted octanol–water partition coefficient (Wildman–Crippen LogP) is 2.21. The van der Waals surface area contributed by atoms with Gasteiger partial charge in [-0.3, -0.25) is 4.79 Å². The minimum atomic E-state index is -3.64. The summed E-state index contributed by atoms with van der Waals surface area (Å²) in [6.07, 6.45) is 0. The van der Waals surface area contributed by atoms with E-state index < -0.39 is 25.8 Å². The van der Waals surface area contributed by atoms with Crippen LogP contribution in [0.4, 0.5) is 5.69 Å². The van der Waals surface area contributed by atoms with E-state index in [0.29, 0.717) is 48.8 Å². The maximum atomic E-state index is 12.8. The normalized spacial score (nSPS) is 15.0. The summed E-state index contributed by atoms with van der Waals surface area (Å²) >= 11 is 0. The second kappa shape index (κ2) is 10.2. The van der Waals surface area contributed by atoms with Gasteiger partial charge in [0.2, 0.25) is 10.0 Å². The number of sulfonamides is 1. The molecule has 2 heterocycles. The van der Waals surface area contributed by atoms with E-state index in [-0.39, 0.29) is 15.7 Å². The Morgan fingerprint density at radius 1 is 0.971 bits per heavy atom. The van der Waals surface area contributed by atoms with Crippen LogP contribution >= 0.6 is 0 Å². The van der Waals surface area contributed by atoms with Gasteiger partial charge in [0.1, 0.15) is 0 Å². The number of aromatic nitrogens is 2. The summed E-state index contributed by atoms with van der Waals surface area (Å²) < 4.78 is 55.9.